The Morgan fingerprint density at radius 1 is 1.29 bits per heavy atom. The molecule has 2 nitrogen and oxygen atoms in total. The highest BCUT2D eigenvalue weighted by molar-refractivity contribution is 7.21. The molecule has 0 unspecified atom stereocenters. The van der Waals surface area contributed by atoms with Crippen molar-refractivity contribution >= 4 is 34.3 Å². The minimum Gasteiger partial charge on any atom is -0.142 e. The number of rotatable bonds is 2. The van der Waals surface area contributed by atoms with Crippen LogP contribution in [0, 0.1) is 13.8 Å². The topological polar surface area (TPSA) is 25.8 Å². The second-order valence-corrected chi connectivity index (χ2v) is 5.57. The average Bonchev–Trinajstić information content (AvgIpc) is 2.74. The second kappa shape index (κ2) is 3.96. The van der Waals surface area contributed by atoms with Gasteiger partial charge in [0.15, 0.2) is 5.01 Å². The summed E-state index contributed by atoms with van der Waals surface area (Å²) in [4.78, 5) is 2.52. The van der Waals surface area contributed by atoms with Crippen LogP contribution in [-0.2, 0) is 5.88 Å². The van der Waals surface area contributed by atoms with E-state index >= 15 is 0 Å². The van der Waals surface area contributed by atoms with Crippen molar-refractivity contribution in [2.45, 2.75) is 19.7 Å². The van der Waals surface area contributed by atoms with E-state index in [2.05, 4.69) is 30.1 Å². The molecule has 0 saturated heterocycles. The molecule has 2 aromatic rings. The number of hydrogen-bond acceptors (Lipinski definition) is 4. The van der Waals surface area contributed by atoms with Crippen LogP contribution in [0.1, 0.15) is 15.4 Å². The number of nitrogens with zero attached hydrogens (tertiary/aromatic N) is 2. The third-order valence-electron chi connectivity index (χ3n) is 1.96. The Hall–Kier alpha value is -0.450. The first kappa shape index (κ1) is 10.1. The summed E-state index contributed by atoms with van der Waals surface area (Å²) in [6.07, 6.45) is 0. The van der Waals surface area contributed by atoms with Crippen LogP contribution in [0.2, 0.25) is 0 Å². The minimum atomic E-state index is 0.445. The highest BCUT2D eigenvalue weighted by Crippen LogP contribution is 2.32. The van der Waals surface area contributed by atoms with E-state index in [-0.39, 0.29) is 0 Å². The van der Waals surface area contributed by atoms with Gasteiger partial charge in [-0.05, 0) is 25.5 Å². The molecule has 0 saturated carbocycles. The molecule has 0 aliphatic carbocycles. The molecule has 74 valence electrons. The molecule has 0 N–H and O–H groups in total. The molecule has 14 heavy (non-hydrogen) atoms. The molecule has 0 aromatic carbocycles. The fourth-order valence-electron chi connectivity index (χ4n) is 1.09. The number of aryl methyl sites for hydroxylation is 2. The van der Waals surface area contributed by atoms with E-state index in [1.807, 2.05) is 0 Å². The molecule has 0 aliphatic rings. The Kier molecular flexibility index (Phi) is 2.85. The van der Waals surface area contributed by atoms with Gasteiger partial charge >= 0.3 is 0 Å². The van der Waals surface area contributed by atoms with Gasteiger partial charge in [0, 0.05) is 4.88 Å². The largest absolute Gasteiger partial charge is 0.157 e. The predicted octanol–water partition coefficient (Wildman–Crippen LogP) is 3.62. The zero-order valence-electron chi connectivity index (χ0n) is 7.87. The summed E-state index contributed by atoms with van der Waals surface area (Å²) in [7, 11) is 0. The maximum Gasteiger partial charge on any atom is 0.157 e. The lowest BCUT2D eigenvalue weighted by Crippen LogP contribution is -1.73. The van der Waals surface area contributed by atoms with Gasteiger partial charge in [0.05, 0.1) is 10.8 Å². The maximum absolute atomic E-state index is 5.68. The van der Waals surface area contributed by atoms with Crippen molar-refractivity contribution in [2.24, 2.45) is 0 Å². The Balaban J connectivity index is 2.39. The smallest absolute Gasteiger partial charge is 0.142 e. The van der Waals surface area contributed by atoms with Gasteiger partial charge in [0.1, 0.15) is 5.01 Å². The normalized spacial score (nSPS) is 10.8. The first-order valence-corrected chi connectivity index (χ1v) is 6.33. The molecule has 0 atom stereocenters. The molecule has 0 aliphatic heterocycles. The van der Waals surface area contributed by atoms with E-state index in [0.29, 0.717) is 5.88 Å². The molecule has 0 bridgehead atoms. The highest BCUT2D eigenvalue weighted by atomic mass is 35.5. The van der Waals surface area contributed by atoms with Crippen molar-refractivity contribution in [3.63, 3.8) is 0 Å². The van der Waals surface area contributed by atoms with Crippen molar-refractivity contribution in [3.05, 3.63) is 21.5 Å². The number of halogens is 1. The predicted molar refractivity (Wildman–Crippen MR) is 62.3 cm³/mol. The summed E-state index contributed by atoms with van der Waals surface area (Å²) in [6.45, 7) is 4.23. The maximum atomic E-state index is 5.68. The van der Waals surface area contributed by atoms with Crippen molar-refractivity contribution in [1.82, 2.24) is 10.2 Å². The van der Waals surface area contributed by atoms with E-state index in [4.69, 9.17) is 11.6 Å². The van der Waals surface area contributed by atoms with Crippen LogP contribution < -0.4 is 0 Å². The number of hydrogen-bond donors (Lipinski definition) is 0. The molecule has 5 heteroatoms. The van der Waals surface area contributed by atoms with Crippen LogP contribution in [0.25, 0.3) is 9.88 Å². The van der Waals surface area contributed by atoms with E-state index in [9.17, 15) is 0 Å². The van der Waals surface area contributed by atoms with E-state index in [1.54, 1.807) is 22.7 Å². The van der Waals surface area contributed by atoms with Gasteiger partial charge in [-0.1, -0.05) is 11.3 Å². The Bertz CT molecular complexity index is 428. The van der Waals surface area contributed by atoms with Gasteiger partial charge in [-0.2, -0.15) is 0 Å². The standard InChI is InChI=1S/C9H9ClN2S2/c1-5-3-7(13-6(5)2)9-12-11-8(4-10)14-9/h3H,4H2,1-2H3. The molecule has 0 amide bonds. The van der Waals surface area contributed by atoms with Gasteiger partial charge in [-0.15, -0.1) is 33.1 Å². The average molecular weight is 245 g/mol. The van der Waals surface area contributed by atoms with Crippen molar-refractivity contribution in [1.29, 1.82) is 0 Å². The first-order valence-electron chi connectivity index (χ1n) is 4.16. The molecule has 2 rings (SSSR count). The molecular formula is C9H9ClN2S2. The summed E-state index contributed by atoms with van der Waals surface area (Å²) in [6, 6.07) is 2.15. The summed E-state index contributed by atoms with van der Waals surface area (Å²) < 4.78 is 0. The van der Waals surface area contributed by atoms with Crippen LogP contribution in [0.4, 0.5) is 0 Å². The number of aromatic nitrogens is 2. The fourth-order valence-corrected chi connectivity index (χ4v) is 3.07. The fraction of sp³-hybridized carbons (Fsp3) is 0.333. The Morgan fingerprint density at radius 3 is 2.57 bits per heavy atom. The van der Waals surface area contributed by atoms with E-state index in [0.717, 1.165) is 10.0 Å². The summed E-state index contributed by atoms with van der Waals surface area (Å²) in [5, 5.41) is 9.95. The monoisotopic (exact) mass is 244 g/mol. The SMILES string of the molecule is Cc1cc(-c2nnc(CCl)s2)sc1C. The van der Waals surface area contributed by atoms with Gasteiger partial charge in [-0.3, -0.25) is 0 Å². The molecule has 0 spiro atoms. The van der Waals surface area contributed by atoms with Crippen LogP contribution in [0.5, 0.6) is 0 Å². The van der Waals surface area contributed by atoms with Crippen LogP contribution in [0.3, 0.4) is 0 Å². The zero-order chi connectivity index (χ0) is 10.1. The molecular weight excluding hydrogens is 236 g/mol. The minimum absolute atomic E-state index is 0.445. The number of thiophene rings is 1. The van der Waals surface area contributed by atoms with Crippen LogP contribution in [-0.4, -0.2) is 10.2 Å². The van der Waals surface area contributed by atoms with Gasteiger partial charge in [0.2, 0.25) is 0 Å². The molecule has 0 fully saturated rings. The van der Waals surface area contributed by atoms with E-state index in [1.165, 1.54) is 15.3 Å². The summed E-state index contributed by atoms with van der Waals surface area (Å²) >= 11 is 9.00. The lowest BCUT2D eigenvalue weighted by molar-refractivity contribution is 1.04. The Labute approximate surface area is 95.6 Å². The molecule has 2 heterocycles. The van der Waals surface area contributed by atoms with E-state index < -0.39 is 0 Å². The Morgan fingerprint density at radius 2 is 2.07 bits per heavy atom. The lowest BCUT2D eigenvalue weighted by Gasteiger charge is -1.83. The third-order valence-corrected chi connectivity index (χ3v) is 4.61. The second-order valence-electron chi connectivity index (χ2n) is 2.98. The zero-order valence-corrected chi connectivity index (χ0v) is 10.3. The first-order chi connectivity index (χ1) is 6.70. The summed E-state index contributed by atoms with van der Waals surface area (Å²) in [5.41, 5.74) is 1.31. The van der Waals surface area contributed by atoms with Gasteiger partial charge in [-0.25, -0.2) is 0 Å². The van der Waals surface area contributed by atoms with Gasteiger partial charge in [0.25, 0.3) is 0 Å². The van der Waals surface area contributed by atoms with Crippen LogP contribution in [0.15, 0.2) is 6.07 Å². The highest BCUT2D eigenvalue weighted by Gasteiger charge is 2.09. The molecule has 2 aromatic heterocycles. The molecule has 0 radical (unpaired) electrons. The lowest BCUT2D eigenvalue weighted by atomic mass is 10.3. The quantitative estimate of drug-likeness (QED) is 0.754. The van der Waals surface area contributed by atoms with Gasteiger partial charge < -0.3 is 0 Å². The number of alkyl halides is 1. The van der Waals surface area contributed by atoms with Crippen molar-refractivity contribution < 1.29 is 0 Å². The summed E-state index contributed by atoms with van der Waals surface area (Å²) in [5.74, 6) is 0.445. The van der Waals surface area contributed by atoms with Crippen LogP contribution >= 0.6 is 34.3 Å². The van der Waals surface area contributed by atoms with Crippen molar-refractivity contribution in [2.75, 3.05) is 0 Å². The van der Waals surface area contributed by atoms with Crippen molar-refractivity contribution in [3.8, 4) is 9.88 Å². The third kappa shape index (κ3) is 1.82.